The lowest BCUT2D eigenvalue weighted by Crippen LogP contribution is -2.35. The summed E-state index contributed by atoms with van der Waals surface area (Å²) in [4.78, 5) is 23.8. The van der Waals surface area contributed by atoms with Crippen LogP contribution in [0.3, 0.4) is 0 Å². The maximum absolute atomic E-state index is 11.9. The molecule has 2 aromatic carbocycles. The summed E-state index contributed by atoms with van der Waals surface area (Å²) in [6, 6.07) is 14.5. The molecule has 0 aliphatic rings. The smallest absolute Gasteiger partial charge is 0.251 e. The van der Waals surface area contributed by atoms with E-state index in [2.05, 4.69) is 26.6 Å². The highest BCUT2D eigenvalue weighted by Gasteiger charge is 2.06. The fourth-order valence-electron chi connectivity index (χ4n) is 2.10. The second-order valence-corrected chi connectivity index (χ2v) is 6.06. The predicted octanol–water partition coefficient (Wildman–Crippen LogP) is 2.55. The van der Waals surface area contributed by atoms with Gasteiger partial charge in [-0.2, -0.15) is 0 Å². The molecule has 0 atom stereocenters. The molecule has 0 fully saturated rings. The zero-order valence-electron chi connectivity index (χ0n) is 13.3. The van der Waals surface area contributed by atoms with Gasteiger partial charge in [-0.3, -0.25) is 9.59 Å². The summed E-state index contributed by atoms with van der Waals surface area (Å²) in [7, 11) is 1.60. The van der Waals surface area contributed by atoms with Crippen LogP contribution in [-0.4, -0.2) is 32.0 Å². The van der Waals surface area contributed by atoms with E-state index < -0.39 is 0 Å². The summed E-state index contributed by atoms with van der Waals surface area (Å²) < 4.78 is 5.93. The topological polar surface area (TPSA) is 67.4 Å². The van der Waals surface area contributed by atoms with Gasteiger partial charge in [0, 0.05) is 23.1 Å². The van der Waals surface area contributed by atoms with Crippen LogP contribution in [0.5, 0.6) is 5.75 Å². The molecule has 0 saturated heterocycles. The standard InChI is InChI=1S/C18H19BrN2O3/c1-24-16-7-5-13(6-8-16)11-17(22)20-9-10-21-18(23)14-3-2-4-15(19)12-14/h2-8,12H,9-11H2,1H3,(H,20,22)(H,21,23). The van der Waals surface area contributed by atoms with Gasteiger partial charge in [-0.25, -0.2) is 0 Å². The quantitative estimate of drug-likeness (QED) is 0.713. The van der Waals surface area contributed by atoms with E-state index in [9.17, 15) is 9.59 Å². The molecule has 0 spiro atoms. The number of carbonyl (C=O) groups is 2. The van der Waals surface area contributed by atoms with Gasteiger partial charge < -0.3 is 15.4 Å². The van der Waals surface area contributed by atoms with Gasteiger partial charge in [0.05, 0.1) is 13.5 Å². The third-order valence-corrected chi connectivity index (χ3v) is 3.84. The third kappa shape index (κ3) is 5.70. The second-order valence-electron chi connectivity index (χ2n) is 5.14. The number of rotatable bonds is 7. The fourth-order valence-corrected chi connectivity index (χ4v) is 2.50. The Morgan fingerprint density at radius 1 is 1.04 bits per heavy atom. The van der Waals surface area contributed by atoms with Crippen LogP contribution in [0.1, 0.15) is 15.9 Å². The molecule has 0 heterocycles. The van der Waals surface area contributed by atoms with E-state index in [1.54, 1.807) is 25.3 Å². The first-order valence-corrected chi connectivity index (χ1v) is 8.31. The molecule has 0 saturated carbocycles. The van der Waals surface area contributed by atoms with Gasteiger partial charge >= 0.3 is 0 Å². The normalized spacial score (nSPS) is 10.1. The third-order valence-electron chi connectivity index (χ3n) is 3.34. The minimum atomic E-state index is -0.166. The van der Waals surface area contributed by atoms with E-state index in [1.165, 1.54) is 0 Å². The van der Waals surface area contributed by atoms with Crippen LogP contribution in [0.2, 0.25) is 0 Å². The van der Waals surface area contributed by atoms with Gasteiger partial charge in [0.15, 0.2) is 0 Å². The SMILES string of the molecule is COc1ccc(CC(=O)NCCNC(=O)c2cccc(Br)c2)cc1. The van der Waals surface area contributed by atoms with E-state index in [-0.39, 0.29) is 11.8 Å². The van der Waals surface area contributed by atoms with Gasteiger partial charge in [-0.05, 0) is 35.9 Å². The number of halogens is 1. The molecule has 2 N–H and O–H groups in total. The van der Waals surface area contributed by atoms with Crippen molar-refractivity contribution < 1.29 is 14.3 Å². The maximum Gasteiger partial charge on any atom is 0.251 e. The molecule has 2 aromatic rings. The Balaban J connectivity index is 1.69. The first kappa shape index (κ1) is 18.0. The molecule has 2 rings (SSSR count). The van der Waals surface area contributed by atoms with Gasteiger partial charge in [-0.1, -0.05) is 34.1 Å². The number of hydrogen-bond acceptors (Lipinski definition) is 3. The Kier molecular flexibility index (Phi) is 6.81. The van der Waals surface area contributed by atoms with Crippen molar-refractivity contribution in [2.45, 2.75) is 6.42 Å². The first-order valence-electron chi connectivity index (χ1n) is 7.52. The highest BCUT2D eigenvalue weighted by molar-refractivity contribution is 9.10. The van der Waals surface area contributed by atoms with Crippen molar-refractivity contribution in [3.8, 4) is 5.75 Å². The highest BCUT2D eigenvalue weighted by atomic mass is 79.9. The number of benzene rings is 2. The summed E-state index contributed by atoms with van der Waals surface area (Å²) in [6.07, 6.45) is 0.295. The molecular weight excluding hydrogens is 372 g/mol. The average Bonchev–Trinajstić information content (AvgIpc) is 2.59. The number of amides is 2. The van der Waals surface area contributed by atoms with E-state index in [0.717, 1.165) is 15.8 Å². The Labute approximate surface area is 149 Å². The van der Waals surface area contributed by atoms with E-state index in [4.69, 9.17) is 4.74 Å². The lowest BCUT2D eigenvalue weighted by atomic mass is 10.1. The Hall–Kier alpha value is -2.34. The predicted molar refractivity (Wildman–Crippen MR) is 96.2 cm³/mol. The van der Waals surface area contributed by atoms with Crippen molar-refractivity contribution in [2.75, 3.05) is 20.2 Å². The highest BCUT2D eigenvalue weighted by Crippen LogP contribution is 2.12. The number of carbonyl (C=O) groups excluding carboxylic acids is 2. The molecule has 0 radical (unpaired) electrons. The number of ether oxygens (including phenoxy) is 1. The zero-order valence-corrected chi connectivity index (χ0v) is 14.9. The van der Waals surface area contributed by atoms with Crippen LogP contribution in [0.4, 0.5) is 0 Å². The molecule has 0 aliphatic heterocycles. The minimum Gasteiger partial charge on any atom is -0.497 e. The molecule has 24 heavy (non-hydrogen) atoms. The summed E-state index contributed by atoms with van der Waals surface area (Å²) in [6.45, 7) is 0.758. The molecule has 5 nitrogen and oxygen atoms in total. The molecule has 2 amide bonds. The summed E-state index contributed by atoms with van der Waals surface area (Å²) >= 11 is 3.33. The minimum absolute atomic E-state index is 0.0862. The maximum atomic E-state index is 11.9. The summed E-state index contributed by atoms with van der Waals surface area (Å²) in [5.41, 5.74) is 1.49. The van der Waals surface area contributed by atoms with Crippen molar-refractivity contribution in [1.82, 2.24) is 10.6 Å². The van der Waals surface area contributed by atoms with E-state index >= 15 is 0 Å². The van der Waals surface area contributed by atoms with Crippen molar-refractivity contribution >= 4 is 27.7 Å². The van der Waals surface area contributed by atoms with Gasteiger partial charge in [0.25, 0.3) is 5.91 Å². The first-order chi connectivity index (χ1) is 11.6. The monoisotopic (exact) mass is 390 g/mol. The Morgan fingerprint density at radius 2 is 1.75 bits per heavy atom. The zero-order chi connectivity index (χ0) is 17.4. The van der Waals surface area contributed by atoms with E-state index in [0.29, 0.717) is 25.1 Å². The van der Waals surface area contributed by atoms with Gasteiger partial charge in [0.2, 0.25) is 5.91 Å². The largest absolute Gasteiger partial charge is 0.497 e. The van der Waals surface area contributed by atoms with Crippen LogP contribution in [0, 0.1) is 0 Å². The second kappa shape index (κ2) is 9.08. The van der Waals surface area contributed by atoms with Crippen LogP contribution in [0.15, 0.2) is 53.0 Å². The number of hydrogen-bond donors (Lipinski definition) is 2. The van der Waals surface area contributed by atoms with Crippen molar-refractivity contribution in [3.63, 3.8) is 0 Å². The van der Waals surface area contributed by atoms with E-state index in [1.807, 2.05) is 30.3 Å². The molecule has 0 aromatic heterocycles. The molecule has 0 aliphatic carbocycles. The fraction of sp³-hybridized carbons (Fsp3) is 0.222. The lowest BCUT2D eigenvalue weighted by Gasteiger charge is -2.08. The lowest BCUT2D eigenvalue weighted by molar-refractivity contribution is -0.120. The average molecular weight is 391 g/mol. The van der Waals surface area contributed by atoms with Crippen LogP contribution in [0.25, 0.3) is 0 Å². The number of nitrogens with one attached hydrogen (secondary N) is 2. The summed E-state index contributed by atoms with van der Waals surface area (Å²) in [5.74, 6) is 0.506. The van der Waals surface area contributed by atoms with Crippen LogP contribution >= 0.6 is 15.9 Å². The molecule has 0 unspecified atom stereocenters. The van der Waals surface area contributed by atoms with Crippen molar-refractivity contribution in [2.24, 2.45) is 0 Å². The van der Waals surface area contributed by atoms with Gasteiger partial charge in [0.1, 0.15) is 5.75 Å². The number of methoxy groups -OCH3 is 1. The van der Waals surface area contributed by atoms with Crippen molar-refractivity contribution in [1.29, 1.82) is 0 Å². The molecular formula is C18H19BrN2O3. The van der Waals surface area contributed by atoms with Crippen molar-refractivity contribution in [3.05, 3.63) is 64.1 Å². The molecule has 6 heteroatoms. The van der Waals surface area contributed by atoms with Crippen LogP contribution in [-0.2, 0) is 11.2 Å². The van der Waals surface area contributed by atoms with Gasteiger partial charge in [-0.15, -0.1) is 0 Å². The Bertz CT molecular complexity index is 702. The Morgan fingerprint density at radius 3 is 2.42 bits per heavy atom. The summed E-state index contributed by atoms with van der Waals surface area (Å²) in [5, 5.41) is 5.55. The van der Waals surface area contributed by atoms with Crippen LogP contribution < -0.4 is 15.4 Å². The molecule has 126 valence electrons. The molecule has 0 bridgehead atoms.